The van der Waals surface area contributed by atoms with E-state index in [9.17, 15) is 14.4 Å². The maximum absolute atomic E-state index is 12.1. The summed E-state index contributed by atoms with van der Waals surface area (Å²) < 4.78 is 0. The average Bonchev–Trinajstić information content (AvgIpc) is 2.51. The highest BCUT2D eigenvalue weighted by Gasteiger charge is 2.32. The van der Waals surface area contributed by atoms with Crippen molar-refractivity contribution in [2.45, 2.75) is 83.7 Å². The third kappa shape index (κ3) is 8.23. The number of nitrogens with one attached hydrogen (secondary N) is 3. The van der Waals surface area contributed by atoms with Crippen LogP contribution in [0, 0.1) is 5.92 Å². The largest absolute Gasteiger partial charge is 0.481 e. The minimum absolute atomic E-state index is 0.00643. The van der Waals surface area contributed by atoms with Crippen LogP contribution in [0.15, 0.2) is 0 Å². The number of hydrogen-bond donors (Lipinski definition) is 4. The van der Waals surface area contributed by atoms with Gasteiger partial charge in [-0.2, -0.15) is 0 Å². The van der Waals surface area contributed by atoms with E-state index in [1.54, 1.807) is 6.92 Å². The fourth-order valence-corrected chi connectivity index (χ4v) is 3.02. The van der Waals surface area contributed by atoms with Crippen LogP contribution in [0.2, 0.25) is 0 Å². The second-order valence-corrected chi connectivity index (χ2v) is 7.53. The Labute approximate surface area is 150 Å². The van der Waals surface area contributed by atoms with Gasteiger partial charge in [0, 0.05) is 24.5 Å². The number of aliphatic carboxylic acids is 1. The number of amides is 3. The van der Waals surface area contributed by atoms with E-state index in [1.807, 2.05) is 13.8 Å². The summed E-state index contributed by atoms with van der Waals surface area (Å²) in [6.07, 6.45) is 6.30. The van der Waals surface area contributed by atoms with E-state index in [0.29, 0.717) is 13.0 Å². The number of carboxylic acids is 1. The van der Waals surface area contributed by atoms with Gasteiger partial charge in [0.1, 0.15) is 0 Å². The zero-order valence-corrected chi connectivity index (χ0v) is 15.7. The molecule has 1 aliphatic carbocycles. The maximum atomic E-state index is 12.1. The number of carbonyl (C=O) groups is 3. The van der Waals surface area contributed by atoms with Crippen molar-refractivity contribution < 1.29 is 19.5 Å². The lowest BCUT2D eigenvalue weighted by Crippen LogP contribution is -2.51. The molecule has 1 aliphatic rings. The minimum Gasteiger partial charge on any atom is -0.481 e. The van der Waals surface area contributed by atoms with Crippen LogP contribution in [-0.2, 0) is 9.59 Å². The van der Waals surface area contributed by atoms with E-state index in [2.05, 4.69) is 16.0 Å². The first-order chi connectivity index (χ1) is 11.7. The Balaban J connectivity index is 2.24. The van der Waals surface area contributed by atoms with Gasteiger partial charge in [-0.3, -0.25) is 9.59 Å². The Kier molecular flexibility index (Phi) is 8.72. The molecule has 1 saturated carbocycles. The van der Waals surface area contributed by atoms with E-state index >= 15 is 0 Å². The van der Waals surface area contributed by atoms with E-state index in [1.165, 1.54) is 6.42 Å². The molecule has 4 N–H and O–H groups in total. The maximum Gasteiger partial charge on any atom is 0.315 e. The summed E-state index contributed by atoms with van der Waals surface area (Å²) >= 11 is 0. The van der Waals surface area contributed by atoms with Gasteiger partial charge < -0.3 is 21.1 Å². The van der Waals surface area contributed by atoms with Crippen molar-refractivity contribution in [2.24, 2.45) is 5.92 Å². The third-order valence-corrected chi connectivity index (χ3v) is 5.02. The van der Waals surface area contributed by atoms with E-state index < -0.39 is 11.5 Å². The van der Waals surface area contributed by atoms with Crippen molar-refractivity contribution in [3.8, 4) is 0 Å². The summed E-state index contributed by atoms with van der Waals surface area (Å²) in [5.74, 6) is -1.11. The summed E-state index contributed by atoms with van der Waals surface area (Å²) in [6.45, 7) is 5.95. The second-order valence-electron chi connectivity index (χ2n) is 7.53. The number of carbonyl (C=O) groups excluding carboxylic acids is 2. The molecule has 0 aliphatic heterocycles. The first-order valence-electron chi connectivity index (χ1n) is 9.30. The SMILES string of the molecule is CC(C)C(C)(CC(=O)O)NC(=O)CCCNC(=O)NC1CCCCC1. The van der Waals surface area contributed by atoms with Crippen molar-refractivity contribution in [3.63, 3.8) is 0 Å². The van der Waals surface area contributed by atoms with Gasteiger partial charge in [-0.1, -0.05) is 33.1 Å². The van der Waals surface area contributed by atoms with Crippen LogP contribution in [0.4, 0.5) is 4.79 Å². The van der Waals surface area contributed by atoms with E-state index in [0.717, 1.165) is 25.7 Å². The summed E-state index contributed by atoms with van der Waals surface area (Å²) in [6, 6.07) is 0.0880. The molecule has 25 heavy (non-hydrogen) atoms. The highest BCUT2D eigenvalue weighted by molar-refractivity contribution is 5.78. The van der Waals surface area contributed by atoms with Gasteiger partial charge in [-0.05, 0) is 32.1 Å². The molecule has 0 radical (unpaired) electrons. The molecule has 0 bridgehead atoms. The lowest BCUT2D eigenvalue weighted by molar-refractivity contribution is -0.139. The monoisotopic (exact) mass is 355 g/mol. The Morgan fingerprint density at radius 2 is 1.80 bits per heavy atom. The van der Waals surface area contributed by atoms with Gasteiger partial charge in [0.2, 0.25) is 5.91 Å². The van der Waals surface area contributed by atoms with Crippen molar-refractivity contribution in [1.29, 1.82) is 0 Å². The number of carboxylic acid groups (broad SMARTS) is 1. The Morgan fingerprint density at radius 1 is 1.16 bits per heavy atom. The van der Waals surface area contributed by atoms with Gasteiger partial charge in [-0.15, -0.1) is 0 Å². The predicted molar refractivity (Wildman–Crippen MR) is 96.3 cm³/mol. The summed E-state index contributed by atoms with van der Waals surface area (Å²) in [4.78, 5) is 34.9. The molecule has 3 amide bonds. The highest BCUT2D eigenvalue weighted by Crippen LogP contribution is 2.21. The second kappa shape index (κ2) is 10.3. The van der Waals surface area contributed by atoms with Crippen LogP contribution < -0.4 is 16.0 Å². The normalized spacial score (nSPS) is 17.6. The highest BCUT2D eigenvalue weighted by atomic mass is 16.4. The van der Waals surface area contributed by atoms with Gasteiger partial charge in [0.25, 0.3) is 0 Å². The van der Waals surface area contributed by atoms with Crippen LogP contribution in [0.5, 0.6) is 0 Å². The summed E-state index contributed by atoms with van der Waals surface area (Å²) in [5, 5.41) is 17.6. The lowest BCUT2D eigenvalue weighted by Gasteiger charge is -2.33. The number of hydrogen-bond acceptors (Lipinski definition) is 3. The molecule has 1 atom stereocenters. The fraction of sp³-hybridized carbons (Fsp3) is 0.833. The van der Waals surface area contributed by atoms with Crippen LogP contribution in [0.1, 0.15) is 72.1 Å². The average molecular weight is 355 g/mol. The molecule has 0 aromatic carbocycles. The van der Waals surface area contributed by atoms with Gasteiger partial charge in [0.05, 0.1) is 6.42 Å². The number of rotatable bonds is 9. The zero-order chi connectivity index (χ0) is 18.9. The third-order valence-electron chi connectivity index (χ3n) is 5.02. The quantitative estimate of drug-likeness (QED) is 0.476. The van der Waals surface area contributed by atoms with Crippen molar-refractivity contribution in [1.82, 2.24) is 16.0 Å². The Bertz CT molecular complexity index is 461. The molecule has 144 valence electrons. The zero-order valence-electron chi connectivity index (χ0n) is 15.7. The van der Waals surface area contributed by atoms with Crippen molar-refractivity contribution in [2.75, 3.05) is 6.54 Å². The first kappa shape index (κ1) is 21.3. The van der Waals surface area contributed by atoms with E-state index in [-0.39, 0.29) is 36.7 Å². The molecule has 7 nitrogen and oxygen atoms in total. The van der Waals surface area contributed by atoms with Gasteiger partial charge in [-0.25, -0.2) is 4.79 Å². The Hall–Kier alpha value is -1.79. The van der Waals surface area contributed by atoms with Crippen LogP contribution in [-0.4, -0.2) is 41.1 Å². The van der Waals surface area contributed by atoms with E-state index in [4.69, 9.17) is 5.11 Å². The molecule has 1 fully saturated rings. The van der Waals surface area contributed by atoms with Crippen LogP contribution in [0.3, 0.4) is 0 Å². The molecular formula is C18H33N3O4. The topological polar surface area (TPSA) is 108 Å². The molecule has 0 aromatic rings. The van der Waals surface area contributed by atoms with Crippen LogP contribution >= 0.6 is 0 Å². The van der Waals surface area contributed by atoms with Crippen molar-refractivity contribution >= 4 is 17.9 Å². The Morgan fingerprint density at radius 3 is 2.36 bits per heavy atom. The van der Waals surface area contributed by atoms with Crippen LogP contribution in [0.25, 0.3) is 0 Å². The summed E-state index contributed by atoms with van der Waals surface area (Å²) in [7, 11) is 0. The molecule has 0 spiro atoms. The smallest absolute Gasteiger partial charge is 0.315 e. The predicted octanol–water partition coefficient (Wildman–Crippen LogP) is 2.40. The molecule has 0 heterocycles. The van der Waals surface area contributed by atoms with Crippen molar-refractivity contribution in [3.05, 3.63) is 0 Å². The molecular weight excluding hydrogens is 322 g/mol. The van der Waals surface area contributed by atoms with Gasteiger partial charge in [0.15, 0.2) is 0 Å². The molecule has 0 saturated heterocycles. The van der Waals surface area contributed by atoms with Gasteiger partial charge >= 0.3 is 12.0 Å². The fourth-order valence-electron chi connectivity index (χ4n) is 3.02. The molecule has 0 aromatic heterocycles. The molecule has 1 rings (SSSR count). The minimum atomic E-state index is -0.933. The first-order valence-corrected chi connectivity index (χ1v) is 9.30. The standard InChI is InChI=1S/C18H33N3O4/c1-13(2)18(3,12-16(23)24)21-15(22)10-7-11-19-17(25)20-14-8-5-4-6-9-14/h13-14H,4-12H2,1-3H3,(H,21,22)(H,23,24)(H2,19,20,25). The lowest BCUT2D eigenvalue weighted by atomic mass is 9.85. The molecule has 7 heteroatoms. The summed E-state index contributed by atoms with van der Waals surface area (Å²) in [5.41, 5.74) is -0.769. The number of urea groups is 1. The molecule has 1 unspecified atom stereocenters.